The smallest absolute Gasteiger partial charge is 0.282 e. The van der Waals surface area contributed by atoms with Gasteiger partial charge in [0.1, 0.15) is 5.56 Å². The summed E-state index contributed by atoms with van der Waals surface area (Å²) in [5, 5.41) is 11.9. The molecule has 0 saturated heterocycles. The maximum Gasteiger partial charge on any atom is 0.282 e. The Hall–Kier alpha value is -2.84. The number of nitro benzene ring substituents is 1. The van der Waals surface area contributed by atoms with Crippen molar-refractivity contribution in [1.82, 2.24) is 4.98 Å². The molecular weight excluding hydrogens is 364 g/mol. The molecule has 1 amide bonds. The summed E-state index contributed by atoms with van der Waals surface area (Å²) in [6.07, 6.45) is 0.768. The molecule has 0 bridgehead atoms. The number of amides is 1. The van der Waals surface area contributed by atoms with Gasteiger partial charge in [0.25, 0.3) is 11.6 Å². The zero-order chi connectivity index (χ0) is 19.4. The number of carbonyl (C=O) groups is 1. The summed E-state index contributed by atoms with van der Waals surface area (Å²) in [6.45, 7) is 1.33. The molecule has 140 valence electrons. The number of aromatic nitrogens is 1. The summed E-state index contributed by atoms with van der Waals surface area (Å²) in [5.74, 6) is -0.393. The highest BCUT2D eigenvalue weighted by molar-refractivity contribution is 7.22. The largest absolute Gasteiger partial charge is 0.340 e. The van der Waals surface area contributed by atoms with Crippen LogP contribution in [-0.4, -0.2) is 43.0 Å². The summed E-state index contributed by atoms with van der Waals surface area (Å²) in [4.78, 5) is 31.5. The number of carbonyl (C=O) groups excluding carboxylic acids is 1. The Morgan fingerprint density at radius 1 is 1.19 bits per heavy atom. The molecule has 3 aromatic rings. The molecule has 0 saturated carbocycles. The van der Waals surface area contributed by atoms with Crippen LogP contribution in [0.3, 0.4) is 0 Å². The number of benzene rings is 2. The van der Waals surface area contributed by atoms with Crippen molar-refractivity contribution in [3.63, 3.8) is 0 Å². The average Bonchev–Trinajstić information content (AvgIpc) is 3.08. The van der Waals surface area contributed by atoms with E-state index in [9.17, 15) is 14.9 Å². The van der Waals surface area contributed by atoms with Crippen molar-refractivity contribution in [2.75, 3.05) is 32.1 Å². The van der Waals surface area contributed by atoms with Gasteiger partial charge in [-0.1, -0.05) is 35.6 Å². The average molecular weight is 385 g/mol. The highest BCUT2D eigenvalue weighted by Gasteiger charge is 2.27. The Kier molecular flexibility index (Phi) is 5.78. The van der Waals surface area contributed by atoms with E-state index in [1.54, 1.807) is 17.0 Å². The number of anilines is 1. The fourth-order valence-electron chi connectivity index (χ4n) is 2.81. The van der Waals surface area contributed by atoms with Gasteiger partial charge in [-0.15, -0.1) is 0 Å². The van der Waals surface area contributed by atoms with E-state index in [1.165, 1.54) is 28.4 Å². The van der Waals surface area contributed by atoms with E-state index in [-0.39, 0.29) is 11.3 Å². The summed E-state index contributed by atoms with van der Waals surface area (Å²) in [7, 11) is 4.10. The lowest BCUT2D eigenvalue weighted by Crippen LogP contribution is -3.05. The second-order valence-electron chi connectivity index (χ2n) is 6.51. The summed E-state index contributed by atoms with van der Waals surface area (Å²) in [5.41, 5.74) is 0.710. The van der Waals surface area contributed by atoms with E-state index in [2.05, 4.69) is 4.98 Å². The highest BCUT2D eigenvalue weighted by Crippen LogP contribution is 2.31. The molecule has 1 aromatic heterocycles. The van der Waals surface area contributed by atoms with Crippen LogP contribution >= 0.6 is 11.3 Å². The van der Waals surface area contributed by atoms with Crippen molar-refractivity contribution in [3.8, 4) is 0 Å². The molecule has 1 heterocycles. The van der Waals surface area contributed by atoms with Crippen LogP contribution in [-0.2, 0) is 0 Å². The Labute approximate surface area is 161 Å². The van der Waals surface area contributed by atoms with Gasteiger partial charge >= 0.3 is 0 Å². The van der Waals surface area contributed by atoms with Gasteiger partial charge in [0, 0.05) is 19.0 Å². The van der Waals surface area contributed by atoms with Crippen molar-refractivity contribution in [1.29, 1.82) is 0 Å². The standard InChI is InChI=1S/C19H20N4O3S/c1-21(2)12-7-13-22(19-20-15-9-4-6-11-17(15)27-19)18(24)14-8-3-5-10-16(14)23(25)26/h3-6,8-11H,7,12-13H2,1-2H3/p+1. The minimum Gasteiger partial charge on any atom is -0.340 e. The summed E-state index contributed by atoms with van der Waals surface area (Å²) in [6, 6.07) is 13.7. The van der Waals surface area contributed by atoms with E-state index in [1.807, 2.05) is 38.4 Å². The lowest BCUT2D eigenvalue weighted by atomic mass is 10.1. The van der Waals surface area contributed by atoms with Gasteiger partial charge in [-0.2, -0.15) is 0 Å². The zero-order valence-corrected chi connectivity index (χ0v) is 16.0. The van der Waals surface area contributed by atoms with Crippen LogP contribution in [0, 0.1) is 10.1 Å². The van der Waals surface area contributed by atoms with Crippen molar-refractivity contribution < 1.29 is 14.6 Å². The van der Waals surface area contributed by atoms with Gasteiger partial charge in [-0.25, -0.2) is 4.98 Å². The lowest BCUT2D eigenvalue weighted by Gasteiger charge is -2.20. The van der Waals surface area contributed by atoms with Crippen LogP contribution in [0.15, 0.2) is 48.5 Å². The number of nitrogens with one attached hydrogen (secondary N) is 1. The van der Waals surface area contributed by atoms with Crippen LogP contribution < -0.4 is 9.80 Å². The van der Waals surface area contributed by atoms with E-state index >= 15 is 0 Å². The second kappa shape index (κ2) is 8.24. The molecule has 0 radical (unpaired) electrons. The van der Waals surface area contributed by atoms with Crippen molar-refractivity contribution >= 4 is 38.3 Å². The fraction of sp³-hybridized carbons (Fsp3) is 0.263. The minimum absolute atomic E-state index is 0.0824. The normalized spacial score (nSPS) is 11.1. The highest BCUT2D eigenvalue weighted by atomic mass is 32.1. The third-order valence-corrected chi connectivity index (χ3v) is 5.21. The summed E-state index contributed by atoms with van der Waals surface area (Å²) >= 11 is 1.42. The second-order valence-corrected chi connectivity index (χ2v) is 7.51. The lowest BCUT2D eigenvalue weighted by molar-refractivity contribution is -0.858. The molecule has 0 aliphatic carbocycles. The molecule has 0 fully saturated rings. The first-order valence-corrected chi connectivity index (χ1v) is 9.49. The van der Waals surface area contributed by atoms with Gasteiger partial charge in [-0.05, 0) is 18.2 Å². The predicted molar refractivity (Wildman–Crippen MR) is 107 cm³/mol. The third kappa shape index (κ3) is 4.29. The van der Waals surface area contributed by atoms with Crippen molar-refractivity contribution in [2.45, 2.75) is 6.42 Å². The Morgan fingerprint density at radius 2 is 1.89 bits per heavy atom. The number of para-hydroxylation sites is 2. The molecule has 0 aliphatic rings. The van der Waals surface area contributed by atoms with Crippen LogP contribution in [0.1, 0.15) is 16.8 Å². The number of hydrogen-bond donors (Lipinski definition) is 1. The fourth-order valence-corrected chi connectivity index (χ4v) is 3.80. The van der Waals surface area contributed by atoms with Crippen LogP contribution in [0.4, 0.5) is 10.8 Å². The van der Waals surface area contributed by atoms with Crippen molar-refractivity contribution in [3.05, 3.63) is 64.2 Å². The van der Waals surface area contributed by atoms with Crippen LogP contribution in [0.2, 0.25) is 0 Å². The molecule has 0 atom stereocenters. The Bertz CT molecular complexity index is 937. The molecule has 2 aromatic carbocycles. The van der Waals surface area contributed by atoms with Gasteiger partial charge < -0.3 is 4.90 Å². The van der Waals surface area contributed by atoms with Gasteiger partial charge in [0.05, 0.1) is 35.8 Å². The molecule has 1 N–H and O–H groups in total. The zero-order valence-electron chi connectivity index (χ0n) is 15.2. The number of fused-ring (bicyclic) bond motifs is 1. The van der Waals surface area contributed by atoms with Gasteiger partial charge in [0.2, 0.25) is 0 Å². The van der Waals surface area contributed by atoms with Crippen LogP contribution in [0.25, 0.3) is 10.2 Å². The van der Waals surface area contributed by atoms with E-state index in [4.69, 9.17) is 0 Å². The maximum atomic E-state index is 13.2. The molecule has 7 nitrogen and oxygen atoms in total. The first kappa shape index (κ1) is 18.9. The number of nitro groups is 1. The molecule has 27 heavy (non-hydrogen) atoms. The number of nitrogens with zero attached hydrogens (tertiary/aromatic N) is 3. The monoisotopic (exact) mass is 385 g/mol. The number of hydrogen-bond acceptors (Lipinski definition) is 5. The minimum atomic E-state index is -0.520. The van der Waals surface area contributed by atoms with E-state index < -0.39 is 10.8 Å². The molecule has 0 aliphatic heterocycles. The Morgan fingerprint density at radius 3 is 2.59 bits per heavy atom. The number of rotatable bonds is 7. The molecular formula is C19H21N4O3S+. The third-order valence-electron chi connectivity index (χ3n) is 4.15. The SMILES string of the molecule is C[NH+](C)CCCN(C(=O)c1ccccc1[N+](=O)[O-])c1nc2ccccc2s1. The van der Waals surface area contributed by atoms with Gasteiger partial charge in [0.15, 0.2) is 5.13 Å². The van der Waals surface area contributed by atoms with E-state index in [0.717, 1.165) is 23.2 Å². The first-order valence-electron chi connectivity index (χ1n) is 8.67. The maximum absolute atomic E-state index is 13.2. The van der Waals surface area contributed by atoms with Crippen molar-refractivity contribution in [2.24, 2.45) is 0 Å². The number of thiazole rings is 1. The first-order chi connectivity index (χ1) is 13.0. The van der Waals surface area contributed by atoms with Crippen LogP contribution in [0.5, 0.6) is 0 Å². The summed E-state index contributed by atoms with van der Waals surface area (Å²) < 4.78 is 0.978. The molecule has 0 spiro atoms. The van der Waals surface area contributed by atoms with E-state index in [0.29, 0.717) is 11.7 Å². The predicted octanol–water partition coefficient (Wildman–Crippen LogP) is 2.39. The Balaban J connectivity index is 1.98. The van der Waals surface area contributed by atoms with Gasteiger partial charge in [-0.3, -0.25) is 19.8 Å². The number of quaternary nitrogens is 1. The molecule has 3 rings (SSSR count). The molecule has 0 unspecified atom stereocenters. The topological polar surface area (TPSA) is 80.8 Å². The molecule has 8 heteroatoms. The quantitative estimate of drug-likeness (QED) is 0.500.